The van der Waals surface area contributed by atoms with E-state index in [-0.39, 0.29) is 23.7 Å². The standard InChI is InChI=1S/C16H25N3O3S.ClH/c1-16(2,3)13-12(14(21)22-4)23-15(19-13)18-11(20)6-5-10-7-8-17-9-10;/h10,17H,5-9H2,1-4H3,(H,18,19,20);1H. The van der Waals surface area contributed by atoms with E-state index in [1.165, 1.54) is 18.4 Å². The number of ether oxygens (including phenoxy) is 1. The lowest BCUT2D eigenvalue weighted by molar-refractivity contribution is -0.116. The molecule has 1 unspecified atom stereocenters. The number of nitrogens with one attached hydrogen (secondary N) is 2. The number of methoxy groups -OCH3 is 1. The highest BCUT2D eigenvalue weighted by Gasteiger charge is 2.28. The summed E-state index contributed by atoms with van der Waals surface area (Å²) >= 11 is 1.18. The molecular formula is C16H26ClN3O3S. The second-order valence-electron chi connectivity index (χ2n) is 6.88. The first-order valence-electron chi connectivity index (χ1n) is 7.91. The molecule has 0 spiro atoms. The highest BCUT2D eigenvalue weighted by molar-refractivity contribution is 7.17. The number of amides is 1. The Morgan fingerprint density at radius 3 is 2.67 bits per heavy atom. The van der Waals surface area contributed by atoms with E-state index in [2.05, 4.69) is 15.6 Å². The minimum absolute atomic E-state index is 0. The molecule has 8 heteroatoms. The molecule has 0 bridgehead atoms. The van der Waals surface area contributed by atoms with Crippen LogP contribution in [0.15, 0.2) is 0 Å². The van der Waals surface area contributed by atoms with E-state index in [0.717, 1.165) is 25.9 Å². The van der Waals surface area contributed by atoms with Crippen LogP contribution in [-0.4, -0.2) is 37.1 Å². The summed E-state index contributed by atoms with van der Waals surface area (Å²) in [6, 6.07) is 0. The van der Waals surface area contributed by atoms with Crippen LogP contribution in [0.4, 0.5) is 5.13 Å². The van der Waals surface area contributed by atoms with Crippen LogP contribution < -0.4 is 10.6 Å². The first-order chi connectivity index (χ1) is 10.8. The van der Waals surface area contributed by atoms with Gasteiger partial charge in [0.1, 0.15) is 4.88 Å². The van der Waals surface area contributed by atoms with Gasteiger partial charge >= 0.3 is 5.97 Å². The Morgan fingerprint density at radius 1 is 1.42 bits per heavy atom. The van der Waals surface area contributed by atoms with Gasteiger partial charge in [-0.15, -0.1) is 12.4 Å². The van der Waals surface area contributed by atoms with Crippen molar-refractivity contribution in [1.82, 2.24) is 10.3 Å². The number of anilines is 1. The molecule has 136 valence electrons. The predicted octanol–water partition coefficient (Wildman–Crippen LogP) is 2.98. The SMILES string of the molecule is COC(=O)c1sc(NC(=O)CCC2CCNC2)nc1C(C)(C)C.Cl. The fourth-order valence-electron chi connectivity index (χ4n) is 2.59. The number of nitrogens with zero attached hydrogens (tertiary/aromatic N) is 1. The molecule has 1 atom stereocenters. The molecule has 1 aliphatic rings. The van der Waals surface area contributed by atoms with Crippen LogP contribution in [0, 0.1) is 5.92 Å². The molecule has 0 aromatic carbocycles. The van der Waals surface area contributed by atoms with Gasteiger partial charge in [-0.3, -0.25) is 4.79 Å². The normalized spacial score (nSPS) is 17.2. The Balaban J connectivity index is 0.00000288. The number of aromatic nitrogens is 1. The summed E-state index contributed by atoms with van der Waals surface area (Å²) in [5.74, 6) is 0.111. The summed E-state index contributed by atoms with van der Waals surface area (Å²) in [7, 11) is 1.35. The lowest BCUT2D eigenvalue weighted by atomic mass is 9.91. The van der Waals surface area contributed by atoms with Crippen LogP contribution in [0.1, 0.15) is 55.4 Å². The Labute approximate surface area is 153 Å². The molecule has 24 heavy (non-hydrogen) atoms. The summed E-state index contributed by atoms with van der Waals surface area (Å²) in [4.78, 5) is 28.9. The van der Waals surface area contributed by atoms with Gasteiger partial charge in [-0.1, -0.05) is 32.1 Å². The van der Waals surface area contributed by atoms with Crippen LogP contribution in [-0.2, 0) is 14.9 Å². The number of hydrogen-bond acceptors (Lipinski definition) is 6. The molecule has 0 aliphatic carbocycles. The first kappa shape index (κ1) is 20.9. The number of carbonyl (C=O) groups is 2. The second kappa shape index (κ2) is 8.78. The zero-order chi connectivity index (χ0) is 17.0. The van der Waals surface area contributed by atoms with E-state index in [4.69, 9.17) is 4.74 Å². The summed E-state index contributed by atoms with van der Waals surface area (Å²) in [5, 5.41) is 6.58. The minimum Gasteiger partial charge on any atom is -0.465 e. The van der Waals surface area contributed by atoms with Gasteiger partial charge in [-0.2, -0.15) is 0 Å². The molecule has 2 N–H and O–H groups in total. The van der Waals surface area contributed by atoms with Gasteiger partial charge in [-0.25, -0.2) is 9.78 Å². The minimum atomic E-state index is -0.412. The van der Waals surface area contributed by atoms with Gasteiger partial charge in [0.25, 0.3) is 0 Å². The van der Waals surface area contributed by atoms with Gasteiger partial charge in [-0.05, 0) is 31.8 Å². The summed E-state index contributed by atoms with van der Waals surface area (Å²) in [5.41, 5.74) is 0.364. The molecule has 2 heterocycles. The van der Waals surface area contributed by atoms with Crippen molar-refractivity contribution in [2.75, 3.05) is 25.5 Å². The lowest BCUT2D eigenvalue weighted by Gasteiger charge is -2.16. The van der Waals surface area contributed by atoms with Gasteiger partial charge in [0, 0.05) is 11.8 Å². The predicted molar refractivity (Wildman–Crippen MR) is 98.2 cm³/mol. The zero-order valence-electron chi connectivity index (χ0n) is 14.6. The smallest absolute Gasteiger partial charge is 0.350 e. The monoisotopic (exact) mass is 375 g/mol. The third-order valence-electron chi connectivity index (χ3n) is 3.90. The van der Waals surface area contributed by atoms with Gasteiger partial charge < -0.3 is 15.4 Å². The van der Waals surface area contributed by atoms with Crippen molar-refractivity contribution in [2.24, 2.45) is 5.92 Å². The molecule has 1 amide bonds. The van der Waals surface area contributed by atoms with Crippen molar-refractivity contribution in [3.8, 4) is 0 Å². The van der Waals surface area contributed by atoms with Gasteiger partial charge in [0.2, 0.25) is 5.91 Å². The number of carbonyl (C=O) groups excluding carboxylic acids is 2. The molecule has 0 radical (unpaired) electrons. The summed E-state index contributed by atoms with van der Waals surface area (Å²) in [6.07, 6.45) is 2.48. The maximum absolute atomic E-state index is 12.1. The maximum atomic E-state index is 12.1. The Morgan fingerprint density at radius 2 is 2.12 bits per heavy atom. The molecule has 6 nitrogen and oxygen atoms in total. The maximum Gasteiger partial charge on any atom is 0.350 e. The molecule has 1 saturated heterocycles. The molecule has 1 aromatic rings. The van der Waals surface area contributed by atoms with E-state index in [9.17, 15) is 9.59 Å². The third kappa shape index (κ3) is 5.43. The largest absolute Gasteiger partial charge is 0.465 e. The van der Waals surface area contributed by atoms with Crippen LogP contribution in [0.2, 0.25) is 0 Å². The topological polar surface area (TPSA) is 80.3 Å². The van der Waals surface area contributed by atoms with E-state index >= 15 is 0 Å². The summed E-state index contributed by atoms with van der Waals surface area (Å²) in [6.45, 7) is 7.97. The zero-order valence-corrected chi connectivity index (χ0v) is 16.2. The fourth-order valence-corrected chi connectivity index (χ4v) is 3.70. The average Bonchev–Trinajstić information content (AvgIpc) is 3.13. The highest BCUT2D eigenvalue weighted by atomic mass is 35.5. The Kier molecular flexibility index (Phi) is 7.63. The van der Waals surface area contributed by atoms with Crippen LogP contribution in [0.5, 0.6) is 0 Å². The van der Waals surface area contributed by atoms with Crippen molar-refractivity contribution in [2.45, 2.75) is 45.4 Å². The van der Waals surface area contributed by atoms with Gasteiger partial charge in [0.15, 0.2) is 5.13 Å². The van der Waals surface area contributed by atoms with Crippen molar-refractivity contribution >= 4 is 40.8 Å². The molecule has 2 rings (SSSR count). The summed E-state index contributed by atoms with van der Waals surface area (Å²) < 4.78 is 4.82. The van der Waals surface area contributed by atoms with Crippen LogP contribution >= 0.6 is 23.7 Å². The number of esters is 1. The number of halogens is 1. The number of thiazole rings is 1. The third-order valence-corrected chi connectivity index (χ3v) is 4.85. The quantitative estimate of drug-likeness (QED) is 0.773. The average molecular weight is 376 g/mol. The molecular weight excluding hydrogens is 350 g/mol. The first-order valence-corrected chi connectivity index (χ1v) is 8.73. The van der Waals surface area contributed by atoms with E-state index in [1.54, 1.807) is 0 Å². The number of hydrogen-bond donors (Lipinski definition) is 2. The van der Waals surface area contributed by atoms with Crippen molar-refractivity contribution in [3.63, 3.8) is 0 Å². The second-order valence-corrected chi connectivity index (χ2v) is 7.88. The molecule has 1 aliphatic heterocycles. The highest BCUT2D eigenvalue weighted by Crippen LogP contribution is 2.32. The molecule has 1 fully saturated rings. The van der Waals surface area contributed by atoms with Gasteiger partial charge in [0.05, 0.1) is 12.8 Å². The van der Waals surface area contributed by atoms with Crippen molar-refractivity contribution in [1.29, 1.82) is 0 Å². The van der Waals surface area contributed by atoms with E-state index in [0.29, 0.717) is 28.0 Å². The van der Waals surface area contributed by atoms with Crippen molar-refractivity contribution in [3.05, 3.63) is 10.6 Å². The van der Waals surface area contributed by atoms with Crippen LogP contribution in [0.25, 0.3) is 0 Å². The van der Waals surface area contributed by atoms with E-state index in [1.807, 2.05) is 20.8 Å². The molecule has 1 aromatic heterocycles. The number of rotatable bonds is 5. The van der Waals surface area contributed by atoms with Crippen LogP contribution in [0.3, 0.4) is 0 Å². The lowest BCUT2D eigenvalue weighted by Crippen LogP contribution is -2.17. The fraction of sp³-hybridized carbons (Fsp3) is 0.688. The Hall–Kier alpha value is -1.18. The Bertz CT molecular complexity index is 578. The van der Waals surface area contributed by atoms with Crippen molar-refractivity contribution < 1.29 is 14.3 Å². The van der Waals surface area contributed by atoms with E-state index < -0.39 is 5.97 Å². The molecule has 0 saturated carbocycles.